The van der Waals surface area contributed by atoms with Crippen molar-refractivity contribution in [3.63, 3.8) is 0 Å². The summed E-state index contributed by atoms with van der Waals surface area (Å²) in [7, 11) is -11.3. The number of halogens is 1. The molecule has 2 atom stereocenters. The topological polar surface area (TPSA) is 140 Å². The Morgan fingerprint density at radius 1 is 0.933 bits per heavy atom. The normalized spacial score (nSPS) is 21.5. The Morgan fingerprint density at radius 2 is 1.50 bits per heavy atom. The molecule has 1 aliphatic rings. The Labute approximate surface area is 175 Å². The zero-order valence-corrected chi connectivity index (χ0v) is 18.2. The number of sulfone groups is 2. The van der Waals surface area contributed by atoms with Gasteiger partial charge in [0.2, 0.25) is 10.0 Å². The Hall–Kier alpha value is -1.86. The average Bonchev–Trinajstić information content (AvgIpc) is 2.97. The summed E-state index contributed by atoms with van der Waals surface area (Å²) >= 11 is 0. The van der Waals surface area contributed by atoms with Crippen molar-refractivity contribution in [3.8, 4) is 0 Å². The second-order valence-corrected chi connectivity index (χ2v) is 13.0. The van der Waals surface area contributed by atoms with Crippen LogP contribution in [0.15, 0.2) is 58.3 Å². The van der Waals surface area contributed by atoms with Crippen molar-refractivity contribution in [1.82, 2.24) is 5.32 Å². The lowest BCUT2D eigenvalue weighted by Gasteiger charge is -2.20. The summed E-state index contributed by atoms with van der Waals surface area (Å²) in [6.07, 6.45) is 0.421. The first-order valence-corrected chi connectivity index (χ1v) is 13.8. The van der Waals surface area contributed by atoms with Crippen LogP contribution >= 0.6 is 0 Å². The number of hydrogen-bond acceptors (Lipinski definition) is 7. The number of rotatable bonds is 7. The number of nitrogens with two attached hydrogens (primary N) is 1. The van der Waals surface area contributed by atoms with Crippen molar-refractivity contribution in [2.24, 2.45) is 5.14 Å². The molecule has 0 bridgehead atoms. The SMILES string of the molecule is NS(=O)(=O)c1ccc(CCNC2CS(=O)(=O)CC2S(=O)(=O)c2ccc(F)cc2)cc1. The molecular formula is C18H21FN2O6S3. The smallest absolute Gasteiger partial charge is 0.238 e. The van der Waals surface area contributed by atoms with Gasteiger partial charge in [0.1, 0.15) is 5.82 Å². The van der Waals surface area contributed by atoms with Crippen LogP contribution in [0.25, 0.3) is 0 Å². The van der Waals surface area contributed by atoms with Gasteiger partial charge in [-0.05, 0) is 54.9 Å². The highest BCUT2D eigenvalue weighted by atomic mass is 32.2. The second-order valence-electron chi connectivity index (χ2n) is 7.11. The van der Waals surface area contributed by atoms with Crippen molar-refractivity contribution in [1.29, 1.82) is 0 Å². The van der Waals surface area contributed by atoms with Gasteiger partial charge in [-0.15, -0.1) is 0 Å². The third kappa shape index (κ3) is 5.24. The number of sulfonamides is 1. The molecule has 1 heterocycles. The van der Waals surface area contributed by atoms with E-state index in [1.54, 1.807) is 12.1 Å². The van der Waals surface area contributed by atoms with Crippen LogP contribution in [0.3, 0.4) is 0 Å². The molecule has 8 nitrogen and oxygen atoms in total. The first-order valence-electron chi connectivity index (χ1n) is 8.93. The van der Waals surface area contributed by atoms with Gasteiger partial charge in [0.25, 0.3) is 0 Å². The van der Waals surface area contributed by atoms with Gasteiger partial charge >= 0.3 is 0 Å². The van der Waals surface area contributed by atoms with Crippen LogP contribution < -0.4 is 10.5 Å². The minimum Gasteiger partial charge on any atom is -0.311 e. The van der Waals surface area contributed by atoms with E-state index in [1.165, 1.54) is 12.1 Å². The predicted octanol–water partition coefficient (Wildman–Crippen LogP) is 0.245. The molecule has 0 aliphatic carbocycles. The summed E-state index contributed by atoms with van der Waals surface area (Å²) in [5.74, 6) is -1.41. The van der Waals surface area contributed by atoms with Crippen LogP contribution in [0.1, 0.15) is 5.56 Å². The summed E-state index contributed by atoms with van der Waals surface area (Å²) in [4.78, 5) is -0.150. The molecule has 0 amide bonds. The van der Waals surface area contributed by atoms with Crippen molar-refractivity contribution < 1.29 is 29.6 Å². The van der Waals surface area contributed by atoms with Gasteiger partial charge in [-0.25, -0.2) is 34.8 Å². The van der Waals surface area contributed by atoms with Crippen LogP contribution in [-0.2, 0) is 36.1 Å². The van der Waals surface area contributed by atoms with Gasteiger partial charge in [-0.2, -0.15) is 0 Å². The van der Waals surface area contributed by atoms with Gasteiger partial charge in [0, 0.05) is 6.04 Å². The minimum absolute atomic E-state index is 0.0217. The van der Waals surface area contributed by atoms with E-state index in [0.29, 0.717) is 6.42 Å². The van der Waals surface area contributed by atoms with E-state index in [0.717, 1.165) is 29.8 Å². The largest absolute Gasteiger partial charge is 0.311 e. The fourth-order valence-electron chi connectivity index (χ4n) is 3.36. The monoisotopic (exact) mass is 476 g/mol. The molecule has 0 spiro atoms. The maximum absolute atomic E-state index is 13.1. The minimum atomic E-state index is -3.98. The van der Waals surface area contributed by atoms with Gasteiger partial charge in [-0.3, -0.25) is 0 Å². The van der Waals surface area contributed by atoms with E-state index >= 15 is 0 Å². The molecule has 3 N–H and O–H groups in total. The number of benzene rings is 2. The maximum Gasteiger partial charge on any atom is 0.238 e. The van der Waals surface area contributed by atoms with Gasteiger partial charge < -0.3 is 5.32 Å². The zero-order chi connectivity index (χ0) is 22.2. The van der Waals surface area contributed by atoms with Gasteiger partial charge in [-0.1, -0.05) is 12.1 Å². The van der Waals surface area contributed by atoms with E-state index in [1.807, 2.05) is 0 Å². The molecule has 1 aliphatic heterocycles. The molecule has 30 heavy (non-hydrogen) atoms. The molecule has 0 saturated carbocycles. The summed E-state index contributed by atoms with van der Waals surface area (Å²) in [5.41, 5.74) is 0.772. The summed E-state index contributed by atoms with van der Waals surface area (Å²) in [6.45, 7) is 0.282. The highest BCUT2D eigenvalue weighted by molar-refractivity contribution is 7.96. The average molecular weight is 477 g/mol. The van der Waals surface area contributed by atoms with E-state index in [9.17, 15) is 29.6 Å². The van der Waals surface area contributed by atoms with Crippen LogP contribution in [0.2, 0.25) is 0 Å². The molecule has 1 fully saturated rings. The van der Waals surface area contributed by atoms with E-state index in [4.69, 9.17) is 5.14 Å². The molecule has 3 rings (SSSR count). The molecule has 1 saturated heterocycles. The van der Waals surface area contributed by atoms with Crippen LogP contribution in [0.5, 0.6) is 0 Å². The molecule has 2 aromatic rings. The second kappa shape index (κ2) is 8.35. The van der Waals surface area contributed by atoms with E-state index in [-0.39, 0.29) is 22.1 Å². The maximum atomic E-state index is 13.1. The zero-order valence-electron chi connectivity index (χ0n) is 15.7. The van der Waals surface area contributed by atoms with E-state index < -0.39 is 52.6 Å². The molecule has 2 unspecified atom stereocenters. The van der Waals surface area contributed by atoms with Gasteiger partial charge in [0.05, 0.1) is 26.5 Å². The quantitative estimate of drug-likeness (QED) is 0.546. The highest BCUT2D eigenvalue weighted by Gasteiger charge is 2.45. The summed E-state index contributed by atoms with van der Waals surface area (Å²) in [6, 6.07) is 9.37. The lowest BCUT2D eigenvalue weighted by atomic mass is 10.1. The fourth-order valence-corrected chi connectivity index (χ4v) is 8.59. The first-order chi connectivity index (χ1) is 13.9. The lowest BCUT2D eigenvalue weighted by Crippen LogP contribution is -2.44. The van der Waals surface area contributed by atoms with Crippen molar-refractivity contribution in [2.75, 3.05) is 18.1 Å². The standard InChI is InChI=1S/C18H21FN2O6S3/c19-14-3-7-15(8-4-14)29(24,25)18-12-28(22,23)11-17(18)21-10-9-13-1-5-16(6-2-13)30(20,26)27/h1-8,17-18,21H,9-12H2,(H2,20,26,27). The van der Waals surface area contributed by atoms with Crippen molar-refractivity contribution in [2.45, 2.75) is 27.5 Å². The first kappa shape index (κ1) is 22.8. The van der Waals surface area contributed by atoms with Crippen molar-refractivity contribution >= 4 is 29.7 Å². The number of hydrogen-bond donors (Lipinski definition) is 2. The van der Waals surface area contributed by atoms with Crippen molar-refractivity contribution in [3.05, 3.63) is 59.9 Å². The Kier molecular flexibility index (Phi) is 6.35. The molecule has 12 heteroatoms. The van der Waals surface area contributed by atoms with Crippen LogP contribution in [-0.4, -0.2) is 54.6 Å². The van der Waals surface area contributed by atoms with E-state index in [2.05, 4.69) is 5.32 Å². The molecule has 164 valence electrons. The van der Waals surface area contributed by atoms with Crippen LogP contribution in [0.4, 0.5) is 4.39 Å². The van der Waals surface area contributed by atoms with Gasteiger partial charge in [0.15, 0.2) is 19.7 Å². The Balaban J connectivity index is 1.71. The fraction of sp³-hybridized carbons (Fsp3) is 0.333. The predicted molar refractivity (Wildman–Crippen MR) is 109 cm³/mol. The van der Waals surface area contributed by atoms with Crippen LogP contribution in [0, 0.1) is 5.82 Å². The lowest BCUT2D eigenvalue weighted by molar-refractivity contribution is 0.528. The molecular weight excluding hydrogens is 455 g/mol. The summed E-state index contributed by atoms with van der Waals surface area (Å²) < 4.78 is 85.8. The Bertz CT molecular complexity index is 1230. The highest BCUT2D eigenvalue weighted by Crippen LogP contribution is 2.26. The third-order valence-electron chi connectivity index (χ3n) is 4.91. The molecule has 2 aromatic carbocycles. The summed E-state index contributed by atoms with van der Waals surface area (Å²) in [5, 5.41) is 6.86. The number of nitrogens with one attached hydrogen (secondary N) is 1. The molecule has 0 aromatic heterocycles. The number of primary sulfonamides is 1. The molecule has 0 radical (unpaired) electrons. The Morgan fingerprint density at radius 3 is 2.07 bits per heavy atom. The third-order valence-corrected chi connectivity index (χ3v) is 10.0.